The second kappa shape index (κ2) is 7.77. The number of aromatic amines is 1. The lowest BCUT2D eigenvalue weighted by Gasteiger charge is -1.94. The number of halogens is 2. The molecule has 8 nitrogen and oxygen atoms in total. The van der Waals surface area contributed by atoms with E-state index in [9.17, 15) is 4.79 Å². The summed E-state index contributed by atoms with van der Waals surface area (Å²) in [5.74, 6) is 0.0491. The van der Waals surface area contributed by atoms with Crippen molar-refractivity contribution in [1.29, 1.82) is 0 Å². The van der Waals surface area contributed by atoms with Gasteiger partial charge in [0.1, 0.15) is 0 Å². The summed E-state index contributed by atoms with van der Waals surface area (Å²) in [5.41, 5.74) is 5.38. The van der Waals surface area contributed by atoms with E-state index in [2.05, 4.69) is 19.9 Å². The quantitative estimate of drug-likeness (QED) is 0.594. The van der Waals surface area contributed by atoms with E-state index in [1.165, 1.54) is 12.4 Å². The van der Waals surface area contributed by atoms with E-state index in [1.54, 1.807) is 0 Å². The summed E-state index contributed by atoms with van der Waals surface area (Å²) < 4.78 is 0. The summed E-state index contributed by atoms with van der Waals surface area (Å²) in [6.07, 6.45) is 2.88. The van der Waals surface area contributed by atoms with Crippen molar-refractivity contribution in [2.75, 3.05) is 5.73 Å². The number of nitrogen functional groups attached to an aromatic ring is 1. The van der Waals surface area contributed by atoms with Gasteiger partial charge in [0, 0.05) is 12.4 Å². The Hall–Kier alpha value is -1.48. The molecular formula is C6H11Cl2N5O3. The van der Waals surface area contributed by atoms with Crippen LogP contribution >= 0.6 is 24.8 Å². The third-order valence-electron chi connectivity index (χ3n) is 1.36. The second-order valence-electron chi connectivity index (χ2n) is 2.18. The number of H-pyrrole nitrogens is 1. The minimum atomic E-state index is -0.370. The van der Waals surface area contributed by atoms with E-state index in [0.29, 0.717) is 0 Å². The van der Waals surface area contributed by atoms with Crippen molar-refractivity contribution in [1.82, 2.24) is 19.9 Å². The van der Waals surface area contributed by atoms with Gasteiger partial charge < -0.3 is 16.7 Å². The molecule has 0 bridgehead atoms. The van der Waals surface area contributed by atoms with Gasteiger partial charge >= 0.3 is 0 Å². The highest BCUT2D eigenvalue weighted by Crippen LogP contribution is 1.97. The van der Waals surface area contributed by atoms with Gasteiger partial charge in [-0.25, -0.2) is 9.97 Å². The molecule has 0 spiro atoms. The van der Waals surface area contributed by atoms with Gasteiger partial charge in [0.25, 0.3) is 5.56 Å². The number of hydrogen-bond donors (Lipinski definition) is 2. The van der Waals surface area contributed by atoms with Crippen molar-refractivity contribution >= 4 is 41.9 Å². The summed E-state index contributed by atoms with van der Waals surface area (Å²) in [6, 6.07) is 0. The van der Waals surface area contributed by atoms with Crippen LogP contribution in [0.25, 0.3) is 11.2 Å². The summed E-state index contributed by atoms with van der Waals surface area (Å²) in [6.45, 7) is 0. The first-order valence-corrected chi connectivity index (χ1v) is 3.24. The van der Waals surface area contributed by atoms with Crippen LogP contribution in [0.5, 0.6) is 0 Å². The number of nitrogens with one attached hydrogen (secondary N) is 1. The van der Waals surface area contributed by atoms with Gasteiger partial charge in [0.05, 0.1) is 0 Å². The lowest BCUT2D eigenvalue weighted by Crippen LogP contribution is -2.12. The van der Waals surface area contributed by atoms with Gasteiger partial charge in [-0.3, -0.25) is 9.78 Å². The van der Waals surface area contributed by atoms with E-state index in [1.807, 2.05) is 0 Å². The normalized spacial score (nSPS) is 7.75. The summed E-state index contributed by atoms with van der Waals surface area (Å²) in [7, 11) is 0. The van der Waals surface area contributed by atoms with Crippen molar-refractivity contribution in [3.63, 3.8) is 0 Å². The number of aromatic nitrogens is 4. The Morgan fingerprint density at radius 3 is 2.31 bits per heavy atom. The van der Waals surface area contributed by atoms with Crippen LogP contribution in [-0.2, 0) is 0 Å². The predicted molar refractivity (Wildman–Crippen MR) is 64.1 cm³/mol. The standard InChI is InChI=1S/C6H5N5O.2ClH.2H2O/c7-6-10-4-3(5(12)11-6)8-1-2-9-4;;;;/h1-2H,(H3,7,9,10,11,12);2*1H;2*1H2. The van der Waals surface area contributed by atoms with E-state index >= 15 is 0 Å². The molecule has 2 heterocycles. The number of anilines is 1. The summed E-state index contributed by atoms with van der Waals surface area (Å²) in [5, 5.41) is 0. The van der Waals surface area contributed by atoms with Crippen LogP contribution in [0.3, 0.4) is 0 Å². The van der Waals surface area contributed by atoms with Gasteiger partial charge in [-0.1, -0.05) is 0 Å². The van der Waals surface area contributed by atoms with Crippen molar-refractivity contribution in [3.8, 4) is 0 Å². The minimum Gasteiger partial charge on any atom is -0.412 e. The van der Waals surface area contributed by atoms with Crippen molar-refractivity contribution in [2.24, 2.45) is 0 Å². The Morgan fingerprint density at radius 2 is 1.69 bits per heavy atom. The van der Waals surface area contributed by atoms with Crippen molar-refractivity contribution in [3.05, 3.63) is 22.7 Å². The number of hydrogen-bond acceptors (Lipinski definition) is 5. The van der Waals surface area contributed by atoms with Crippen LogP contribution in [0.1, 0.15) is 0 Å². The number of fused-ring (bicyclic) bond motifs is 1. The van der Waals surface area contributed by atoms with Crippen molar-refractivity contribution < 1.29 is 11.0 Å². The van der Waals surface area contributed by atoms with Gasteiger partial charge in [-0.05, 0) is 0 Å². The molecule has 16 heavy (non-hydrogen) atoms. The molecule has 0 aliphatic rings. The van der Waals surface area contributed by atoms with E-state index in [4.69, 9.17) is 5.73 Å². The van der Waals surface area contributed by atoms with Gasteiger partial charge in [-0.15, -0.1) is 24.8 Å². The molecule has 0 fully saturated rings. The fourth-order valence-corrected chi connectivity index (χ4v) is 0.890. The SMILES string of the molecule is Cl.Cl.Nc1nc2nccnc2c(=O)[nH]1.O.O. The molecule has 10 heteroatoms. The molecule has 0 aliphatic carbocycles. The lowest BCUT2D eigenvalue weighted by molar-refractivity contribution is 0.823. The van der Waals surface area contributed by atoms with E-state index < -0.39 is 0 Å². The first kappa shape index (κ1) is 20.0. The number of nitrogens with two attached hydrogens (primary N) is 1. The van der Waals surface area contributed by atoms with Crippen LogP contribution in [0, 0.1) is 0 Å². The molecule has 92 valence electrons. The number of nitrogens with zero attached hydrogens (tertiary/aromatic N) is 3. The van der Waals surface area contributed by atoms with E-state index in [0.717, 1.165) is 0 Å². The Labute approximate surface area is 102 Å². The minimum absolute atomic E-state index is 0. The van der Waals surface area contributed by atoms with Gasteiger partial charge in [0.15, 0.2) is 11.2 Å². The first-order chi connectivity index (χ1) is 5.77. The maximum Gasteiger partial charge on any atom is 0.280 e. The third kappa shape index (κ3) is 3.59. The average Bonchev–Trinajstić information content (AvgIpc) is 2.04. The highest BCUT2D eigenvalue weighted by atomic mass is 35.5. The molecule has 2 aromatic rings. The predicted octanol–water partition coefficient (Wildman–Crippen LogP) is -1.51. The van der Waals surface area contributed by atoms with E-state index in [-0.39, 0.29) is 58.4 Å². The van der Waals surface area contributed by atoms with Gasteiger partial charge in [-0.2, -0.15) is 4.98 Å². The topological polar surface area (TPSA) is 161 Å². The first-order valence-electron chi connectivity index (χ1n) is 3.24. The Morgan fingerprint density at radius 1 is 1.12 bits per heavy atom. The van der Waals surface area contributed by atoms with Gasteiger partial charge in [0.2, 0.25) is 5.95 Å². The maximum atomic E-state index is 11.1. The highest BCUT2D eigenvalue weighted by Gasteiger charge is 2.01. The zero-order valence-electron chi connectivity index (χ0n) is 7.80. The smallest absolute Gasteiger partial charge is 0.280 e. The Bertz CT molecular complexity index is 491. The molecule has 7 N–H and O–H groups in total. The Kier molecular flexibility index (Phi) is 9.71. The third-order valence-corrected chi connectivity index (χ3v) is 1.36. The largest absolute Gasteiger partial charge is 0.412 e. The summed E-state index contributed by atoms with van der Waals surface area (Å²) in [4.78, 5) is 24.9. The average molecular weight is 272 g/mol. The maximum absolute atomic E-state index is 11.1. The molecule has 2 rings (SSSR count). The number of rotatable bonds is 0. The molecule has 0 atom stereocenters. The molecule has 0 aromatic carbocycles. The fourth-order valence-electron chi connectivity index (χ4n) is 0.890. The van der Waals surface area contributed by atoms with Crippen molar-refractivity contribution in [2.45, 2.75) is 0 Å². The molecule has 0 saturated heterocycles. The van der Waals surface area contributed by atoms with Crippen LogP contribution < -0.4 is 11.3 Å². The molecule has 0 saturated carbocycles. The zero-order chi connectivity index (χ0) is 8.55. The van der Waals surface area contributed by atoms with Crippen LogP contribution in [0.15, 0.2) is 17.2 Å². The molecule has 0 unspecified atom stereocenters. The lowest BCUT2D eigenvalue weighted by atomic mass is 10.5. The van der Waals surface area contributed by atoms with Crippen LogP contribution in [-0.4, -0.2) is 30.9 Å². The molecular weight excluding hydrogens is 261 g/mol. The zero-order valence-corrected chi connectivity index (χ0v) is 9.43. The van der Waals surface area contributed by atoms with Crippen LogP contribution in [0.2, 0.25) is 0 Å². The molecule has 0 radical (unpaired) electrons. The molecule has 0 aliphatic heterocycles. The Balaban J connectivity index is -0.000000422. The monoisotopic (exact) mass is 271 g/mol. The molecule has 2 aromatic heterocycles. The fraction of sp³-hybridized carbons (Fsp3) is 0. The highest BCUT2D eigenvalue weighted by molar-refractivity contribution is 5.85. The van der Waals surface area contributed by atoms with Crippen LogP contribution in [0.4, 0.5) is 5.95 Å². The second-order valence-corrected chi connectivity index (χ2v) is 2.18. The summed E-state index contributed by atoms with van der Waals surface area (Å²) >= 11 is 0. The molecule has 0 amide bonds.